The van der Waals surface area contributed by atoms with Gasteiger partial charge in [-0.1, -0.05) is 18.3 Å². The molecule has 6 N–H and O–H groups in total. The van der Waals surface area contributed by atoms with Crippen molar-refractivity contribution in [2.75, 3.05) is 6.54 Å². The van der Waals surface area contributed by atoms with Gasteiger partial charge in [0.1, 0.15) is 0 Å². The first-order chi connectivity index (χ1) is 11.7. The summed E-state index contributed by atoms with van der Waals surface area (Å²) < 4.78 is 0. The molecular formula is C15H20N2O8. The summed E-state index contributed by atoms with van der Waals surface area (Å²) in [5.74, 6) is 6.03. The van der Waals surface area contributed by atoms with Gasteiger partial charge in [0.2, 0.25) is 0 Å². The lowest BCUT2D eigenvalue weighted by Gasteiger charge is -1.93. The van der Waals surface area contributed by atoms with Gasteiger partial charge in [-0.2, -0.15) is 0 Å². The smallest absolute Gasteiger partial charge is 0.450 e. The van der Waals surface area contributed by atoms with Crippen LogP contribution in [0.15, 0.2) is 24.3 Å². The highest BCUT2D eigenvalue weighted by atomic mass is 16.6. The van der Waals surface area contributed by atoms with Crippen LogP contribution in [-0.4, -0.2) is 44.2 Å². The van der Waals surface area contributed by atoms with Gasteiger partial charge in [-0.3, -0.25) is 10.1 Å². The normalized spacial score (nSPS) is 8.36. The van der Waals surface area contributed by atoms with Crippen LogP contribution in [0, 0.1) is 22.0 Å². The molecule has 138 valence electrons. The number of nitro groups is 1. The number of hydrogen-bond acceptors (Lipinski definition) is 5. The Kier molecular flexibility index (Phi) is 14.9. The number of rotatable bonds is 5. The molecule has 1 aromatic rings. The number of carbonyl (C=O) groups is 2. The van der Waals surface area contributed by atoms with Gasteiger partial charge in [0.05, 0.1) is 4.92 Å². The number of nitro benzene ring substituents is 1. The van der Waals surface area contributed by atoms with Gasteiger partial charge in [0, 0.05) is 24.1 Å². The Hall–Kier alpha value is -3.32. The fourth-order valence-corrected chi connectivity index (χ4v) is 1.37. The third kappa shape index (κ3) is 20.7. The second-order valence-electron chi connectivity index (χ2n) is 4.27. The van der Waals surface area contributed by atoms with E-state index in [4.69, 9.17) is 35.7 Å². The van der Waals surface area contributed by atoms with Crippen LogP contribution in [-0.2, 0) is 0 Å². The van der Waals surface area contributed by atoms with E-state index in [1.165, 1.54) is 12.1 Å². The predicted molar refractivity (Wildman–Crippen MR) is 88.8 cm³/mol. The third-order valence-corrected chi connectivity index (χ3v) is 2.32. The Bertz CT molecular complexity index is 570. The molecule has 25 heavy (non-hydrogen) atoms. The van der Waals surface area contributed by atoms with Crippen molar-refractivity contribution < 1.29 is 34.9 Å². The van der Waals surface area contributed by atoms with E-state index in [1.54, 1.807) is 12.1 Å². The van der Waals surface area contributed by atoms with Gasteiger partial charge >= 0.3 is 12.3 Å². The predicted octanol–water partition coefficient (Wildman–Crippen LogP) is 2.91. The first-order valence-corrected chi connectivity index (χ1v) is 6.97. The third-order valence-electron chi connectivity index (χ3n) is 2.32. The molecular weight excluding hydrogens is 336 g/mol. The van der Waals surface area contributed by atoms with Crippen LogP contribution in [0.25, 0.3) is 0 Å². The SMILES string of the molecule is NCCCCCC#Cc1ccc([N+](=O)[O-])cc1.O=C(O)O.O=C(O)O. The summed E-state index contributed by atoms with van der Waals surface area (Å²) in [7, 11) is 0. The van der Waals surface area contributed by atoms with Crippen molar-refractivity contribution in [3.8, 4) is 11.8 Å². The van der Waals surface area contributed by atoms with Crippen molar-refractivity contribution in [3.05, 3.63) is 39.9 Å². The van der Waals surface area contributed by atoms with Crippen molar-refractivity contribution in [1.82, 2.24) is 0 Å². The zero-order valence-electron chi connectivity index (χ0n) is 13.3. The number of benzene rings is 1. The largest absolute Gasteiger partial charge is 0.503 e. The molecule has 0 radical (unpaired) electrons. The second-order valence-corrected chi connectivity index (χ2v) is 4.27. The molecule has 0 unspecified atom stereocenters. The minimum absolute atomic E-state index is 0.0958. The molecule has 10 nitrogen and oxygen atoms in total. The van der Waals surface area contributed by atoms with E-state index in [-0.39, 0.29) is 5.69 Å². The zero-order chi connectivity index (χ0) is 19.7. The summed E-state index contributed by atoms with van der Waals surface area (Å²) in [6.45, 7) is 0.732. The van der Waals surface area contributed by atoms with E-state index in [2.05, 4.69) is 11.8 Å². The molecule has 0 aromatic heterocycles. The Morgan fingerprint density at radius 3 is 1.88 bits per heavy atom. The highest BCUT2D eigenvalue weighted by molar-refractivity contribution is 5.53. The molecule has 1 aromatic carbocycles. The number of unbranched alkanes of at least 4 members (excludes halogenated alkanes) is 3. The van der Waals surface area contributed by atoms with Crippen LogP contribution in [0.5, 0.6) is 0 Å². The fourth-order valence-electron chi connectivity index (χ4n) is 1.37. The maximum absolute atomic E-state index is 10.4. The van der Waals surface area contributed by atoms with Gasteiger partial charge in [-0.05, 0) is 31.5 Å². The Morgan fingerprint density at radius 2 is 1.48 bits per heavy atom. The van der Waals surface area contributed by atoms with Crippen LogP contribution in [0.2, 0.25) is 0 Å². The van der Waals surface area contributed by atoms with Gasteiger partial charge in [-0.25, -0.2) is 9.59 Å². The summed E-state index contributed by atoms with van der Waals surface area (Å²) in [6.07, 6.45) is 0.374. The molecule has 0 amide bonds. The number of carboxylic acid groups (broad SMARTS) is 4. The standard InChI is InChI=1S/C13H16N2O2.2CH2O3/c14-11-5-3-1-2-4-6-12-7-9-13(10-8-12)15(16)17;2*2-1(3)4/h7-10H,1-3,5,11,14H2;2*(H2,2,3,4). The number of nitrogens with zero attached hydrogens (tertiary/aromatic N) is 1. The molecule has 10 heteroatoms. The van der Waals surface area contributed by atoms with E-state index >= 15 is 0 Å². The minimum Gasteiger partial charge on any atom is -0.450 e. The van der Waals surface area contributed by atoms with Gasteiger partial charge in [0.25, 0.3) is 5.69 Å². The summed E-state index contributed by atoms with van der Waals surface area (Å²) >= 11 is 0. The van der Waals surface area contributed by atoms with Crippen LogP contribution >= 0.6 is 0 Å². The summed E-state index contributed by atoms with van der Waals surface area (Å²) in [5, 5.41) is 38.3. The first-order valence-electron chi connectivity index (χ1n) is 6.97. The van der Waals surface area contributed by atoms with Crippen molar-refractivity contribution in [2.45, 2.75) is 25.7 Å². The Morgan fingerprint density at radius 1 is 1.00 bits per heavy atom. The van der Waals surface area contributed by atoms with Crippen molar-refractivity contribution in [1.29, 1.82) is 0 Å². The molecule has 0 saturated carbocycles. The Balaban J connectivity index is 0. The van der Waals surface area contributed by atoms with E-state index in [9.17, 15) is 10.1 Å². The van der Waals surface area contributed by atoms with Gasteiger partial charge < -0.3 is 26.2 Å². The lowest BCUT2D eigenvalue weighted by atomic mass is 10.1. The maximum Gasteiger partial charge on any atom is 0.503 e. The minimum atomic E-state index is -1.83. The van der Waals surface area contributed by atoms with Crippen LogP contribution in [0.4, 0.5) is 15.3 Å². The monoisotopic (exact) mass is 356 g/mol. The lowest BCUT2D eigenvalue weighted by molar-refractivity contribution is -0.384. The van der Waals surface area contributed by atoms with Crippen molar-refractivity contribution in [2.24, 2.45) is 5.73 Å². The molecule has 0 fully saturated rings. The molecule has 0 saturated heterocycles. The summed E-state index contributed by atoms with van der Waals surface area (Å²) in [6, 6.07) is 6.28. The van der Waals surface area contributed by atoms with Crippen molar-refractivity contribution >= 4 is 18.0 Å². The van der Waals surface area contributed by atoms with E-state index in [0.717, 1.165) is 37.8 Å². The molecule has 0 aliphatic carbocycles. The van der Waals surface area contributed by atoms with E-state index in [1.807, 2.05) is 0 Å². The molecule has 0 aliphatic rings. The zero-order valence-corrected chi connectivity index (χ0v) is 13.3. The van der Waals surface area contributed by atoms with Crippen LogP contribution in [0.1, 0.15) is 31.2 Å². The number of non-ortho nitro benzene ring substituents is 1. The van der Waals surface area contributed by atoms with Gasteiger partial charge in [0.15, 0.2) is 0 Å². The van der Waals surface area contributed by atoms with E-state index < -0.39 is 17.2 Å². The fraction of sp³-hybridized carbons (Fsp3) is 0.333. The second kappa shape index (κ2) is 15.6. The highest BCUT2D eigenvalue weighted by Crippen LogP contribution is 2.11. The quantitative estimate of drug-likeness (QED) is 0.229. The topological polar surface area (TPSA) is 184 Å². The van der Waals surface area contributed by atoms with Crippen LogP contribution < -0.4 is 5.73 Å². The highest BCUT2D eigenvalue weighted by Gasteiger charge is 2.01. The molecule has 0 aliphatic heterocycles. The molecule has 1 rings (SSSR count). The average Bonchev–Trinajstić information content (AvgIpc) is 2.50. The summed E-state index contributed by atoms with van der Waals surface area (Å²) in [5.41, 5.74) is 6.29. The maximum atomic E-state index is 10.4. The molecule has 0 spiro atoms. The molecule has 0 heterocycles. The lowest BCUT2D eigenvalue weighted by Crippen LogP contribution is -1.97. The molecule has 0 bridgehead atoms. The van der Waals surface area contributed by atoms with Gasteiger partial charge in [-0.15, -0.1) is 0 Å². The van der Waals surface area contributed by atoms with Crippen LogP contribution in [0.3, 0.4) is 0 Å². The average molecular weight is 356 g/mol. The number of nitrogens with two attached hydrogens (primary N) is 1. The van der Waals surface area contributed by atoms with Crippen molar-refractivity contribution in [3.63, 3.8) is 0 Å². The molecule has 0 atom stereocenters. The Labute approximate surface area is 143 Å². The van der Waals surface area contributed by atoms with E-state index in [0.29, 0.717) is 0 Å². The number of hydrogen-bond donors (Lipinski definition) is 5. The first kappa shape index (κ1) is 23.9. The summed E-state index contributed by atoms with van der Waals surface area (Å²) in [4.78, 5) is 27.1.